The van der Waals surface area contributed by atoms with Crippen LogP contribution in [0.1, 0.15) is 15.9 Å². The SMILES string of the molecule is Cc1ccc(C(=O)Nc2cccnc2Cl)c(Cl)c1. The van der Waals surface area contributed by atoms with Crippen molar-refractivity contribution >= 4 is 34.8 Å². The average Bonchev–Trinajstić information content (AvgIpc) is 2.32. The summed E-state index contributed by atoms with van der Waals surface area (Å²) in [6, 6.07) is 8.61. The predicted octanol–water partition coefficient (Wildman–Crippen LogP) is 3.95. The van der Waals surface area contributed by atoms with Gasteiger partial charge in [0.15, 0.2) is 5.15 Å². The summed E-state index contributed by atoms with van der Waals surface area (Å²) < 4.78 is 0. The molecule has 0 aliphatic carbocycles. The van der Waals surface area contributed by atoms with Crippen molar-refractivity contribution in [1.82, 2.24) is 4.98 Å². The van der Waals surface area contributed by atoms with Gasteiger partial charge < -0.3 is 5.32 Å². The smallest absolute Gasteiger partial charge is 0.257 e. The van der Waals surface area contributed by atoms with Gasteiger partial charge in [0.25, 0.3) is 5.91 Å². The first-order chi connectivity index (χ1) is 8.58. The van der Waals surface area contributed by atoms with Crippen LogP contribution >= 0.6 is 23.2 Å². The van der Waals surface area contributed by atoms with Gasteiger partial charge in [0.05, 0.1) is 16.3 Å². The maximum atomic E-state index is 12.0. The minimum Gasteiger partial charge on any atom is -0.319 e. The number of anilines is 1. The summed E-state index contributed by atoms with van der Waals surface area (Å²) >= 11 is 11.9. The summed E-state index contributed by atoms with van der Waals surface area (Å²) in [5.41, 5.74) is 1.86. The maximum absolute atomic E-state index is 12.0. The second kappa shape index (κ2) is 5.38. The number of nitrogens with zero attached hydrogens (tertiary/aromatic N) is 1. The molecule has 5 heteroatoms. The van der Waals surface area contributed by atoms with Crippen molar-refractivity contribution in [2.75, 3.05) is 5.32 Å². The van der Waals surface area contributed by atoms with Gasteiger partial charge in [-0.1, -0.05) is 29.3 Å². The number of rotatable bonds is 2. The average molecular weight is 281 g/mol. The Kier molecular flexibility index (Phi) is 3.84. The van der Waals surface area contributed by atoms with Crippen LogP contribution in [-0.2, 0) is 0 Å². The highest BCUT2D eigenvalue weighted by Gasteiger charge is 2.12. The number of benzene rings is 1. The van der Waals surface area contributed by atoms with E-state index in [4.69, 9.17) is 23.2 Å². The number of aryl methyl sites for hydroxylation is 1. The lowest BCUT2D eigenvalue weighted by atomic mass is 10.1. The molecule has 92 valence electrons. The monoisotopic (exact) mass is 280 g/mol. The predicted molar refractivity (Wildman–Crippen MR) is 73.4 cm³/mol. The number of nitrogens with one attached hydrogen (secondary N) is 1. The third-order valence-electron chi connectivity index (χ3n) is 2.38. The Morgan fingerprint density at radius 1 is 1.28 bits per heavy atom. The van der Waals surface area contributed by atoms with Gasteiger partial charge in [-0.2, -0.15) is 0 Å². The Balaban J connectivity index is 2.25. The van der Waals surface area contributed by atoms with E-state index in [1.165, 1.54) is 0 Å². The first kappa shape index (κ1) is 12.9. The standard InChI is InChI=1S/C13H10Cl2N2O/c1-8-4-5-9(10(14)7-8)13(18)17-11-3-2-6-16-12(11)15/h2-7H,1H3,(H,17,18). The molecule has 0 aliphatic rings. The van der Waals surface area contributed by atoms with Crippen molar-refractivity contribution in [2.24, 2.45) is 0 Å². The maximum Gasteiger partial charge on any atom is 0.257 e. The minimum atomic E-state index is -0.310. The van der Waals surface area contributed by atoms with E-state index >= 15 is 0 Å². The second-order valence-electron chi connectivity index (χ2n) is 3.78. The van der Waals surface area contributed by atoms with Crippen LogP contribution in [0.3, 0.4) is 0 Å². The van der Waals surface area contributed by atoms with Crippen molar-refractivity contribution < 1.29 is 4.79 Å². The second-order valence-corrected chi connectivity index (χ2v) is 4.54. The lowest BCUT2D eigenvalue weighted by Gasteiger charge is -2.08. The van der Waals surface area contributed by atoms with Crippen LogP contribution in [0.15, 0.2) is 36.5 Å². The van der Waals surface area contributed by atoms with Crippen LogP contribution in [0.5, 0.6) is 0 Å². The Bertz CT molecular complexity index is 599. The van der Waals surface area contributed by atoms with Crippen LogP contribution < -0.4 is 5.32 Å². The summed E-state index contributed by atoms with van der Waals surface area (Å²) in [7, 11) is 0. The molecule has 0 fully saturated rings. The number of hydrogen-bond donors (Lipinski definition) is 1. The Morgan fingerprint density at radius 2 is 2.06 bits per heavy atom. The molecule has 0 aliphatic heterocycles. The summed E-state index contributed by atoms with van der Waals surface area (Å²) in [6.07, 6.45) is 1.55. The largest absolute Gasteiger partial charge is 0.319 e. The molecule has 0 atom stereocenters. The molecule has 1 amide bonds. The highest BCUT2D eigenvalue weighted by atomic mass is 35.5. The molecule has 0 unspecified atom stereocenters. The van der Waals surface area contributed by atoms with Crippen LogP contribution in [0.4, 0.5) is 5.69 Å². The molecule has 0 radical (unpaired) electrons. The number of pyridine rings is 1. The molecule has 1 N–H and O–H groups in total. The van der Waals surface area contributed by atoms with Crippen molar-refractivity contribution in [3.05, 3.63) is 57.8 Å². The zero-order valence-corrected chi connectivity index (χ0v) is 11.1. The van der Waals surface area contributed by atoms with Gasteiger partial charge in [-0.25, -0.2) is 4.98 Å². The number of carbonyl (C=O) groups excluding carboxylic acids is 1. The summed E-state index contributed by atoms with van der Waals surface area (Å²) in [5, 5.41) is 3.32. The highest BCUT2D eigenvalue weighted by Crippen LogP contribution is 2.22. The number of carbonyl (C=O) groups is 1. The number of hydrogen-bond acceptors (Lipinski definition) is 2. The van der Waals surface area contributed by atoms with E-state index in [0.29, 0.717) is 16.3 Å². The number of halogens is 2. The first-order valence-corrected chi connectivity index (χ1v) is 6.01. The zero-order chi connectivity index (χ0) is 13.1. The van der Waals surface area contributed by atoms with Crippen molar-refractivity contribution in [3.63, 3.8) is 0 Å². The summed E-state index contributed by atoms with van der Waals surface area (Å²) in [5.74, 6) is -0.310. The lowest BCUT2D eigenvalue weighted by molar-refractivity contribution is 0.102. The third kappa shape index (κ3) is 2.81. The Morgan fingerprint density at radius 3 is 2.72 bits per heavy atom. The minimum absolute atomic E-state index is 0.245. The van der Waals surface area contributed by atoms with Gasteiger partial charge in [0.1, 0.15) is 0 Å². The molecule has 3 nitrogen and oxygen atoms in total. The van der Waals surface area contributed by atoms with E-state index in [-0.39, 0.29) is 11.1 Å². The molecule has 2 aromatic rings. The van der Waals surface area contributed by atoms with Gasteiger partial charge in [0, 0.05) is 6.20 Å². The van der Waals surface area contributed by atoms with Crippen LogP contribution in [0.2, 0.25) is 10.2 Å². The van der Waals surface area contributed by atoms with Crippen molar-refractivity contribution in [2.45, 2.75) is 6.92 Å². The lowest BCUT2D eigenvalue weighted by Crippen LogP contribution is -2.13. The van der Waals surface area contributed by atoms with E-state index < -0.39 is 0 Å². The molecule has 1 aromatic carbocycles. The van der Waals surface area contributed by atoms with Gasteiger partial charge in [-0.3, -0.25) is 4.79 Å². The zero-order valence-electron chi connectivity index (χ0n) is 9.58. The van der Waals surface area contributed by atoms with E-state index in [1.807, 2.05) is 13.0 Å². The fourth-order valence-corrected chi connectivity index (χ4v) is 1.96. The van der Waals surface area contributed by atoms with Gasteiger partial charge in [-0.15, -0.1) is 0 Å². The van der Waals surface area contributed by atoms with Crippen LogP contribution in [0.25, 0.3) is 0 Å². The molecule has 0 saturated heterocycles. The molecule has 1 heterocycles. The van der Waals surface area contributed by atoms with E-state index in [2.05, 4.69) is 10.3 Å². The van der Waals surface area contributed by atoms with Gasteiger partial charge >= 0.3 is 0 Å². The Hall–Kier alpha value is -1.58. The summed E-state index contributed by atoms with van der Waals surface area (Å²) in [6.45, 7) is 1.91. The molecule has 0 saturated carbocycles. The quantitative estimate of drug-likeness (QED) is 0.847. The fraction of sp³-hybridized carbons (Fsp3) is 0.0769. The molecular formula is C13H10Cl2N2O. The van der Waals surface area contributed by atoms with E-state index in [1.54, 1.807) is 30.5 Å². The van der Waals surface area contributed by atoms with E-state index in [0.717, 1.165) is 5.56 Å². The first-order valence-electron chi connectivity index (χ1n) is 5.26. The highest BCUT2D eigenvalue weighted by molar-refractivity contribution is 6.35. The topological polar surface area (TPSA) is 42.0 Å². The fourth-order valence-electron chi connectivity index (χ4n) is 1.47. The van der Waals surface area contributed by atoms with Crippen molar-refractivity contribution in [3.8, 4) is 0 Å². The normalized spacial score (nSPS) is 10.2. The Labute approximate surface area is 115 Å². The molecule has 18 heavy (non-hydrogen) atoms. The van der Waals surface area contributed by atoms with Gasteiger partial charge in [0.2, 0.25) is 0 Å². The van der Waals surface area contributed by atoms with Crippen molar-refractivity contribution in [1.29, 1.82) is 0 Å². The molecular weight excluding hydrogens is 271 g/mol. The van der Waals surface area contributed by atoms with Crippen LogP contribution in [0, 0.1) is 6.92 Å². The summed E-state index contributed by atoms with van der Waals surface area (Å²) in [4.78, 5) is 15.9. The van der Waals surface area contributed by atoms with E-state index in [9.17, 15) is 4.79 Å². The van der Waals surface area contributed by atoms with Gasteiger partial charge in [-0.05, 0) is 36.8 Å². The van der Waals surface area contributed by atoms with Crippen LogP contribution in [-0.4, -0.2) is 10.9 Å². The number of aromatic nitrogens is 1. The molecule has 1 aromatic heterocycles. The number of amides is 1. The molecule has 0 bridgehead atoms. The third-order valence-corrected chi connectivity index (χ3v) is 2.99. The molecule has 2 rings (SSSR count). The molecule has 0 spiro atoms.